The van der Waals surface area contributed by atoms with Gasteiger partial charge in [-0.2, -0.15) is 0 Å². The molecular weight excluding hydrogens is 315 g/mol. The minimum absolute atomic E-state index is 0.238. The van der Waals surface area contributed by atoms with Crippen molar-refractivity contribution in [3.63, 3.8) is 0 Å². The predicted octanol–water partition coefficient (Wildman–Crippen LogP) is 4.55. The second kappa shape index (κ2) is 9.23. The number of ether oxygens (including phenoxy) is 1. The van der Waals surface area contributed by atoms with Gasteiger partial charge in [-0.3, -0.25) is 0 Å². The molecule has 0 bridgehead atoms. The summed E-state index contributed by atoms with van der Waals surface area (Å²) >= 11 is 0. The Bertz CT molecular complexity index is 728. The van der Waals surface area contributed by atoms with Crippen molar-refractivity contribution in [1.82, 2.24) is 5.32 Å². The van der Waals surface area contributed by atoms with E-state index in [9.17, 15) is 4.39 Å². The van der Waals surface area contributed by atoms with Gasteiger partial charge in [0.15, 0.2) is 11.6 Å². The number of benzene rings is 2. The molecular formula is C21H27FN2O. The molecule has 0 heterocycles. The van der Waals surface area contributed by atoms with Crippen LogP contribution in [0.3, 0.4) is 0 Å². The molecule has 2 aromatic rings. The Labute approximate surface area is 149 Å². The van der Waals surface area contributed by atoms with Gasteiger partial charge in [0, 0.05) is 17.8 Å². The van der Waals surface area contributed by atoms with Gasteiger partial charge < -0.3 is 15.8 Å². The van der Waals surface area contributed by atoms with Gasteiger partial charge in [-0.25, -0.2) is 4.39 Å². The normalized spacial score (nSPS) is 10.7. The van der Waals surface area contributed by atoms with E-state index in [4.69, 9.17) is 10.5 Å². The molecule has 0 atom stereocenters. The molecule has 4 heteroatoms. The third kappa shape index (κ3) is 5.33. The fraction of sp³-hybridized carbons (Fsp3) is 0.333. The highest BCUT2D eigenvalue weighted by atomic mass is 19.1. The van der Waals surface area contributed by atoms with Crippen LogP contribution < -0.4 is 15.8 Å². The topological polar surface area (TPSA) is 47.3 Å². The number of hydrogen-bond acceptors (Lipinski definition) is 3. The fourth-order valence-electron chi connectivity index (χ4n) is 2.55. The number of aryl methyl sites for hydroxylation is 1. The molecule has 0 amide bonds. The molecule has 0 saturated heterocycles. The zero-order valence-electron chi connectivity index (χ0n) is 15.1. The largest absolute Gasteiger partial charge is 0.489 e. The van der Waals surface area contributed by atoms with Gasteiger partial charge in [0.1, 0.15) is 6.61 Å². The Hall–Kier alpha value is -2.33. The van der Waals surface area contributed by atoms with Crippen LogP contribution in [0.1, 0.15) is 36.5 Å². The summed E-state index contributed by atoms with van der Waals surface area (Å²) in [4.78, 5) is 0. The number of halogens is 1. The van der Waals surface area contributed by atoms with Crippen LogP contribution in [0.5, 0.6) is 5.75 Å². The number of hydrogen-bond donors (Lipinski definition) is 2. The molecule has 2 rings (SSSR count). The Morgan fingerprint density at radius 2 is 2.00 bits per heavy atom. The van der Waals surface area contributed by atoms with Crippen molar-refractivity contribution in [2.75, 3.05) is 25.4 Å². The Morgan fingerprint density at radius 3 is 2.76 bits per heavy atom. The Kier molecular flexibility index (Phi) is 7.02. The maximum absolute atomic E-state index is 14.0. The molecule has 0 aliphatic carbocycles. The van der Waals surface area contributed by atoms with Crippen LogP contribution in [0.25, 0.3) is 5.57 Å². The lowest BCUT2D eigenvalue weighted by molar-refractivity contribution is 0.298. The van der Waals surface area contributed by atoms with E-state index in [1.54, 1.807) is 12.1 Å². The maximum Gasteiger partial charge on any atom is 0.165 e. The number of anilines is 1. The molecule has 0 aromatic heterocycles. The summed E-state index contributed by atoms with van der Waals surface area (Å²) in [5, 5.41) is 3.27. The van der Waals surface area contributed by atoms with Crippen LogP contribution in [0.15, 0.2) is 43.0 Å². The molecule has 0 saturated carbocycles. The smallest absolute Gasteiger partial charge is 0.165 e. The van der Waals surface area contributed by atoms with Crippen molar-refractivity contribution < 1.29 is 9.13 Å². The van der Waals surface area contributed by atoms with Crippen molar-refractivity contribution >= 4 is 11.3 Å². The third-order valence-corrected chi connectivity index (χ3v) is 4.06. The summed E-state index contributed by atoms with van der Waals surface area (Å²) in [5.74, 6) is -0.135. The monoisotopic (exact) mass is 342 g/mol. The van der Waals surface area contributed by atoms with Gasteiger partial charge in [-0.15, -0.1) is 0 Å². The molecule has 0 radical (unpaired) electrons. The van der Waals surface area contributed by atoms with Crippen LogP contribution >= 0.6 is 0 Å². The minimum atomic E-state index is -0.373. The molecule has 0 fully saturated rings. The average Bonchev–Trinajstić information content (AvgIpc) is 2.61. The zero-order chi connectivity index (χ0) is 18.2. The Morgan fingerprint density at radius 1 is 1.20 bits per heavy atom. The molecule has 0 spiro atoms. The van der Waals surface area contributed by atoms with Crippen LogP contribution in [-0.2, 0) is 0 Å². The zero-order valence-corrected chi connectivity index (χ0v) is 15.1. The summed E-state index contributed by atoms with van der Waals surface area (Å²) in [6.45, 7) is 10.3. The van der Waals surface area contributed by atoms with Crippen molar-refractivity contribution in [2.45, 2.75) is 26.7 Å². The second-order valence-electron chi connectivity index (χ2n) is 6.17. The quantitative estimate of drug-likeness (QED) is 0.519. The third-order valence-electron chi connectivity index (χ3n) is 4.06. The van der Waals surface area contributed by atoms with E-state index in [-0.39, 0.29) is 11.6 Å². The summed E-state index contributed by atoms with van der Waals surface area (Å²) < 4.78 is 19.6. The maximum atomic E-state index is 14.0. The highest BCUT2D eigenvalue weighted by molar-refractivity contribution is 5.84. The average molecular weight is 342 g/mol. The SMILES string of the molecule is C=C(c1ccc(F)c(OCCNCCCC)c1)c1cc(C)ccc1N. The molecule has 134 valence electrons. The first kappa shape index (κ1) is 19.0. The van der Waals surface area contributed by atoms with Crippen molar-refractivity contribution in [3.05, 3.63) is 65.5 Å². The number of rotatable bonds is 9. The van der Waals surface area contributed by atoms with Crippen LogP contribution in [0, 0.1) is 12.7 Å². The highest BCUT2D eigenvalue weighted by Gasteiger charge is 2.11. The van der Waals surface area contributed by atoms with E-state index in [2.05, 4.69) is 18.8 Å². The number of unbranched alkanes of at least 4 members (excludes halogenated alkanes) is 1. The minimum Gasteiger partial charge on any atom is -0.489 e. The first-order chi connectivity index (χ1) is 12.0. The van der Waals surface area contributed by atoms with E-state index in [0.29, 0.717) is 18.8 Å². The van der Waals surface area contributed by atoms with Gasteiger partial charge in [-0.05, 0) is 55.3 Å². The van der Waals surface area contributed by atoms with Gasteiger partial charge in [0.25, 0.3) is 0 Å². The van der Waals surface area contributed by atoms with Gasteiger partial charge in [0.05, 0.1) is 0 Å². The van der Waals surface area contributed by atoms with Gasteiger partial charge >= 0.3 is 0 Å². The number of nitrogens with one attached hydrogen (secondary N) is 1. The Balaban J connectivity index is 2.07. The van der Waals surface area contributed by atoms with E-state index in [1.807, 2.05) is 25.1 Å². The standard InChI is InChI=1S/C21H27FN2O/c1-4-5-10-24-11-12-25-21-14-17(7-8-19(21)22)16(3)18-13-15(2)6-9-20(18)23/h6-9,13-14,24H,3-5,10-12,23H2,1-2H3. The van der Waals surface area contributed by atoms with Crippen LogP contribution in [-0.4, -0.2) is 19.7 Å². The summed E-state index contributed by atoms with van der Waals surface area (Å²) in [7, 11) is 0. The molecule has 0 aliphatic heterocycles. The number of nitrogen functional groups attached to an aromatic ring is 1. The summed E-state index contributed by atoms with van der Waals surface area (Å²) in [6, 6.07) is 10.6. The van der Waals surface area contributed by atoms with Gasteiger partial charge in [-0.1, -0.05) is 37.6 Å². The predicted molar refractivity (Wildman–Crippen MR) is 103 cm³/mol. The van der Waals surface area contributed by atoms with E-state index in [1.165, 1.54) is 6.07 Å². The van der Waals surface area contributed by atoms with E-state index in [0.717, 1.165) is 41.6 Å². The second-order valence-corrected chi connectivity index (χ2v) is 6.17. The molecule has 3 N–H and O–H groups in total. The lowest BCUT2D eigenvalue weighted by Crippen LogP contribution is -2.22. The number of nitrogens with two attached hydrogens (primary N) is 1. The van der Waals surface area contributed by atoms with Crippen molar-refractivity contribution in [2.24, 2.45) is 0 Å². The fourth-order valence-corrected chi connectivity index (χ4v) is 2.55. The first-order valence-corrected chi connectivity index (χ1v) is 8.71. The molecule has 2 aromatic carbocycles. The van der Waals surface area contributed by atoms with Crippen LogP contribution in [0.2, 0.25) is 0 Å². The molecule has 0 aliphatic rings. The molecule has 0 unspecified atom stereocenters. The lowest BCUT2D eigenvalue weighted by atomic mass is 9.96. The highest BCUT2D eigenvalue weighted by Crippen LogP contribution is 2.30. The lowest BCUT2D eigenvalue weighted by Gasteiger charge is -2.13. The van der Waals surface area contributed by atoms with E-state index < -0.39 is 0 Å². The first-order valence-electron chi connectivity index (χ1n) is 8.71. The van der Waals surface area contributed by atoms with Crippen molar-refractivity contribution in [1.29, 1.82) is 0 Å². The molecule has 3 nitrogen and oxygen atoms in total. The van der Waals surface area contributed by atoms with Crippen LogP contribution in [0.4, 0.5) is 10.1 Å². The van der Waals surface area contributed by atoms with E-state index >= 15 is 0 Å². The summed E-state index contributed by atoms with van der Waals surface area (Å²) in [5.41, 5.74) is 10.2. The molecule has 25 heavy (non-hydrogen) atoms. The van der Waals surface area contributed by atoms with Gasteiger partial charge in [0.2, 0.25) is 0 Å². The van der Waals surface area contributed by atoms with Crippen molar-refractivity contribution in [3.8, 4) is 5.75 Å². The summed E-state index contributed by atoms with van der Waals surface area (Å²) in [6.07, 6.45) is 2.27.